The number of hydrogen-bond donors (Lipinski definition) is 1. The first-order chi connectivity index (χ1) is 8.22. The summed E-state index contributed by atoms with van der Waals surface area (Å²) >= 11 is 0. The maximum absolute atomic E-state index is 12.0. The molecular weight excluding hydrogens is 258 g/mol. The van der Waals surface area contributed by atoms with Crippen molar-refractivity contribution >= 4 is 16.1 Å². The quantitative estimate of drug-likeness (QED) is 0.717. The van der Waals surface area contributed by atoms with Crippen LogP contribution >= 0.6 is 0 Å². The van der Waals surface area contributed by atoms with E-state index >= 15 is 0 Å². The van der Waals surface area contributed by atoms with Gasteiger partial charge in [0.1, 0.15) is 0 Å². The first-order valence-electron chi connectivity index (χ1n) is 5.82. The van der Waals surface area contributed by atoms with Crippen LogP contribution in [0.3, 0.4) is 0 Å². The Kier molecular flexibility index (Phi) is 5.09. The molecule has 0 saturated carbocycles. The van der Waals surface area contributed by atoms with E-state index in [4.69, 9.17) is 4.74 Å². The van der Waals surface area contributed by atoms with E-state index in [2.05, 4.69) is 4.72 Å². The third-order valence-corrected chi connectivity index (χ3v) is 4.12. The van der Waals surface area contributed by atoms with Crippen LogP contribution in [0.15, 0.2) is 0 Å². The van der Waals surface area contributed by atoms with Crippen LogP contribution in [0, 0.1) is 0 Å². The number of carbonyl (C=O) groups excluding carboxylic acids is 1. The minimum Gasteiger partial charge on any atom is -0.373 e. The van der Waals surface area contributed by atoms with Crippen molar-refractivity contribution in [3.63, 3.8) is 0 Å². The molecule has 0 spiro atoms. The predicted molar refractivity (Wildman–Crippen MR) is 67.2 cm³/mol. The lowest BCUT2D eigenvalue weighted by Gasteiger charge is -2.34. The van der Waals surface area contributed by atoms with Gasteiger partial charge in [-0.05, 0) is 13.8 Å². The lowest BCUT2D eigenvalue weighted by atomic mass is 10.3. The third-order valence-electron chi connectivity index (χ3n) is 2.63. The number of ether oxygens (including phenoxy) is 1. The molecule has 7 nitrogen and oxygen atoms in total. The van der Waals surface area contributed by atoms with Crippen molar-refractivity contribution in [2.75, 3.05) is 33.7 Å². The van der Waals surface area contributed by atoms with Crippen molar-refractivity contribution in [2.24, 2.45) is 0 Å². The normalized spacial score (nSPS) is 26.0. The Bertz CT molecular complexity index is 386. The second-order valence-electron chi connectivity index (χ2n) is 4.69. The Morgan fingerprint density at radius 1 is 1.33 bits per heavy atom. The van der Waals surface area contributed by atoms with E-state index in [1.807, 2.05) is 13.8 Å². The smallest absolute Gasteiger partial charge is 0.280 e. The van der Waals surface area contributed by atoms with E-state index in [0.717, 1.165) is 0 Å². The monoisotopic (exact) mass is 279 g/mol. The lowest BCUT2D eigenvalue weighted by Crippen LogP contribution is -2.53. The summed E-state index contributed by atoms with van der Waals surface area (Å²) in [7, 11) is -0.464. The topological polar surface area (TPSA) is 79.0 Å². The van der Waals surface area contributed by atoms with Crippen molar-refractivity contribution in [1.29, 1.82) is 0 Å². The highest BCUT2D eigenvalue weighted by Crippen LogP contribution is 2.13. The first-order valence-corrected chi connectivity index (χ1v) is 7.26. The van der Waals surface area contributed by atoms with Crippen molar-refractivity contribution in [3.8, 4) is 0 Å². The Labute approximate surface area is 108 Å². The van der Waals surface area contributed by atoms with Crippen molar-refractivity contribution in [2.45, 2.75) is 26.1 Å². The Balaban J connectivity index is 2.60. The van der Waals surface area contributed by atoms with E-state index in [1.54, 1.807) is 14.1 Å². The summed E-state index contributed by atoms with van der Waals surface area (Å²) in [6, 6.07) is 0. The molecule has 0 bridgehead atoms. The molecule has 1 amide bonds. The molecule has 1 saturated heterocycles. The van der Waals surface area contributed by atoms with Gasteiger partial charge < -0.3 is 9.64 Å². The number of nitrogens with zero attached hydrogens (tertiary/aromatic N) is 2. The molecule has 1 fully saturated rings. The van der Waals surface area contributed by atoms with Gasteiger partial charge in [-0.1, -0.05) is 0 Å². The predicted octanol–water partition coefficient (Wildman–Crippen LogP) is -0.982. The van der Waals surface area contributed by atoms with Gasteiger partial charge in [-0.15, -0.1) is 0 Å². The van der Waals surface area contributed by atoms with Gasteiger partial charge in [-0.3, -0.25) is 4.79 Å². The van der Waals surface area contributed by atoms with Crippen LogP contribution in [0.1, 0.15) is 13.8 Å². The van der Waals surface area contributed by atoms with Crippen molar-refractivity contribution < 1.29 is 17.9 Å². The van der Waals surface area contributed by atoms with E-state index in [-0.39, 0.29) is 24.7 Å². The molecule has 1 aliphatic rings. The number of rotatable bonds is 4. The van der Waals surface area contributed by atoms with Gasteiger partial charge >= 0.3 is 0 Å². The van der Waals surface area contributed by atoms with Gasteiger partial charge in [0.2, 0.25) is 5.91 Å². The molecule has 0 aliphatic carbocycles. The second kappa shape index (κ2) is 5.96. The fourth-order valence-electron chi connectivity index (χ4n) is 1.73. The van der Waals surface area contributed by atoms with Crippen LogP contribution < -0.4 is 4.72 Å². The summed E-state index contributed by atoms with van der Waals surface area (Å²) in [4.78, 5) is 12.7. The van der Waals surface area contributed by atoms with Crippen molar-refractivity contribution in [1.82, 2.24) is 13.9 Å². The molecule has 2 unspecified atom stereocenters. The van der Waals surface area contributed by atoms with Gasteiger partial charge in [0, 0.05) is 27.2 Å². The Morgan fingerprint density at radius 3 is 2.28 bits per heavy atom. The van der Waals surface area contributed by atoms with Crippen LogP contribution in [-0.2, 0) is 19.7 Å². The maximum Gasteiger partial charge on any atom is 0.280 e. The molecule has 0 radical (unpaired) electrons. The highest BCUT2D eigenvalue weighted by Gasteiger charge is 2.31. The van der Waals surface area contributed by atoms with Crippen LogP contribution in [0.2, 0.25) is 0 Å². The minimum absolute atomic E-state index is 0.144. The molecule has 106 valence electrons. The molecule has 0 aromatic heterocycles. The third kappa shape index (κ3) is 4.20. The first kappa shape index (κ1) is 15.4. The number of likely N-dealkylation sites (N-methyl/N-ethyl adjacent to an activating group) is 1. The molecule has 1 rings (SSSR count). The molecule has 18 heavy (non-hydrogen) atoms. The minimum atomic E-state index is -3.62. The molecule has 1 N–H and O–H groups in total. The zero-order chi connectivity index (χ0) is 13.9. The van der Waals surface area contributed by atoms with Gasteiger partial charge in [0.05, 0.1) is 18.8 Å². The molecule has 1 heterocycles. The zero-order valence-electron chi connectivity index (χ0n) is 11.2. The second-order valence-corrected chi connectivity index (χ2v) is 6.44. The fraction of sp³-hybridized carbons (Fsp3) is 0.900. The van der Waals surface area contributed by atoms with Gasteiger partial charge in [0.15, 0.2) is 0 Å². The molecule has 8 heteroatoms. The van der Waals surface area contributed by atoms with Crippen LogP contribution in [0.25, 0.3) is 0 Å². The van der Waals surface area contributed by atoms with Gasteiger partial charge in [-0.25, -0.2) is 0 Å². The van der Waals surface area contributed by atoms with E-state index < -0.39 is 10.2 Å². The lowest BCUT2D eigenvalue weighted by molar-refractivity contribution is -0.127. The van der Waals surface area contributed by atoms with Crippen LogP contribution in [-0.4, -0.2) is 69.5 Å². The van der Waals surface area contributed by atoms with E-state index in [9.17, 15) is 13.2 Å². The number of morpholine rings is 1. The largest absolute Gasteiger partial charge is 0.373 e. The molecule has 0 aromatic rings. The SMILES string of the molecule is CC1CN(S(=O)(=O)NCC(=O)N(C)C)CC(C)O1. The van der Waals surface area contributed by atoms with Gasteiger partial charge in [-0.2, -0.15) is 17.4 Å². The summed E-state index contributed by atoms with van der Waals surface area (Å²) in [6.07, 6.45) is -0.287. The standard InChI is InChI=1S/C10H21N3O4S/c1-8-6-13(7-9(2)17-8)18(15,16)11-5-10(14)12(3)4/h8-9,11H,5-7H2,1-4H3. The van der Waals surface area contributed by atoms with Gasteiger partial charge in [0.25, 0.3) is 10.2 Å². The average Bonchev–Trinajstić information content (AvgIpc) is 2.24. The highest BCUT2D eigenvalue weighted by molar-refractivity contribution is 7.87. The maximum atomic E-state index is 12.0. The number of nitrogens with one attached hydrogen (secondary N) is 1. The Morgan fingerprint density at radius 2 is 1.83 bits per heavy atom. The number of carbonyl (C=O) groups is 1. The summed E-state index contributed by atoms with van der Waals surface area (Å²) < 4.78 is 33.1. The molecule has 2 atom stereocenters. The molecule has 1 aliphatic heterocycles. The molecule has 0 aromatic carbocycles. The Hall–Kier alpha value is -0.700. The van der Waals surface area contributed by atoms with Crippen molar-refractivity contribution in [3.05, 3.63) is 0 Å². The van der Waals surface area contributed by atoms with Crippen LogP contribution in [0.4, 0.5) is 0 Å². The summed E-state index contributed by atoms with van der Waals surface area (Å²) in [5.41, 5.74) is 0. The summed E-state index contributed by atoms with van der Waals surface area (Å²) in [5, 5.41) is 0. The molecular formula is C10H21N3O4S. The summed E-state index contributed by atoms with van der Waals surface area (Å²) in [5.74, 6) is -0.284. The summed E-state index contributed by atoms with van der Waals surface area (Å²) in [6.45, 7) is 4.02. The van der Waals surface area contributed by atoms with E-state index in [0.29, 0.717) is 13.1 Å². The fourth-order valence-corrected chi connectivity index (χ4v) is 3.03. The van der Waals surface area contributed by atoms with E-state index in [1.165, 1.54) is 9.21 Å². The highest BCUT2D eigenvalue weighted by atomic mass is 32.2. The zero-order valence-corrected chi connectivity index (χ0v) is 12.0. The number of amides is 1. The number of hydrogen-bond acceptors (Lipinski definition) is 4. The van der Waals surface area contributed by atoms with Crippen LogP contribution in [0.5, 0.6) is 0 Å². The average molecular weight is 279 g/mol.